The molecule has 0 aromatic carbocycles. The minimum absolute atomic E-state index is 0.398. The molecule has 0 bridgehead atoms. The summed E-state index contributed by atoms with van der Waals surface area (Å²) >= 11 is 0. The fraction of sp³-hybridized carbons (Fsp3) is 0.875. The van der Waals surface area contributed by atoms with Crippen molar-refractivity contribution < 1.29 is 4.74 Å². The Morgan fingerprint density at radius 1 is 1.16 bits per heavy atom. The van der Waals surface area contributed by atoms with E-state index in [0.717, 1.165) is 18.8 Å². The van der Waals surface area contributed by atoms with Crippen LogP contribution < -0.4 is 5.32 Å². The third kappa shape index (κ3) is 6.42. The first kappa shape index (κ1) is 16.5. The van der Waals surface area contributed by atoms with E-state index in [4.69, 9.17) is 11.2 Å². The summed E-state index contributed by atoms with van der Waals surface area (Å²) in [5.41, 5.74) is 0. The minimum atomic E-state index is 0.398. The monoisotopic (exact) mass is 266 g/mol. The van der Waals surface area contributed by atoms with E-state index in [1.54, 1.807) is 0 Å². The lowest BCUT2D eigenvalue weighted by atomic mass is 9.96. The summed E-state index contributed by atoms with van der Waals surface area (Å²) in [6.07, 6.45) is 10.6. The molecule has 19 heavy (non-hydrogen) atoms. The molecule has 2 rings (SSSR count). The van der Waals surface area contributed by atoms with E-state index in [1.165, 1.54) is 45.6 Å². The van der Waals surface area contributed by atoms with Gasteiger partial charge in [-0.05, 0) is 44.7 Å². The highest BCUT2D eigenvalue weighted by Gasteiger charge is 2.22. The van der Waals surface area contributed by atoms with Gasteiger partial charge in [-0.3, -0.25) is 0 Å². The number of ether oxygens (including phenoxy) is 1. The van der Waals surface area contributed by atoms with Crippen molar-refractivity contribution in [2.75, 3.05) is 39.3 Å². The second-order valence-corrected chi connectivity index (χ2v) is 5.21. The van der Waals surface area contributed by atoms with E-state index in [0.29, 0.717) is 12.7 Å². The molecule has 0 aromatic heterocycles. The number of terminal acetylenes is 1. The molecule has 0 spiro atoms. The van der Waals surface area contributed by atoms with Crippen LogP contribution in [0.25, 0.3) is 0 Å². The van der Waals surface area contributed by atoms with Crippen molar-refractivity contribution in [1.29, 1.82) is 0 Å². The van der Waals surface area contributed by atoms with Crippen LogP contribution in [0.4, 0.5) is 0 Å². The van der Waals surface area contributed by atoms with Crippen LogP contribution in [0.5, 0.6) is 0 Å². The zero-order valence-electron chi connectivity index (χ0n) is 12.7. The molecule has 2 heterocycles. The van der Waals surface area contributed by atoms with Gasteiger partial charge in [0.25, 0.3) is 0 Å². The Bertz CT molecular complexity index is 248. The summed E-state index contributed by atoms with van der Waals surface area (Å²) in [5.74, 6) is 3.45. The molecule has 2 aliphatic heterocycles. The van der Waals surface area contributed by atoms with Gasteiger partial charge in [-0.2, -0.15) is 0 Å². The first-order chi connectivity index (χ1) is 9.38. The van der Waals surface area contributed by atoms with Crippen molar-refractivity contribution >= 4 is 0 Å². The predicted molar refractivity (Wildman–Crippen MR) is 81.2 cm³/mol. The normalized spacial score (nSPS) is 22.4. The summed E-state index contributed by atoms with van der Waals surface area (Å²) < 4.78 is 5.60. The Hall–Kier alpha value is -0.560. The number of piperidine rings is 2. The van der Waals surface area contributed by atoms with E-state index in [9.17, 15) is 0 Å². The Balaban J connectivity index is 0.000000861. The third-order valence-electron chi connectivity index (χ3n) is 3.91. The maximum absolute atomic E-state index is 5.60. The number of rotatable bonds is 4. The summed E-state index contributed by atoms with van der Waals surface area (Å²) in [7, 11) is 0. The van der Waals surface area contributed by atoms with E-state index < -0.39 is 0 Å². The van der Waals surface area contributed by atoms with Crippen LogP contribution in [0, 0.1) is 18.3 Å². The second-order valence-electron chi connectivity index (χ2n) is 5.21. The molecule has 0 aliphatic carbocycles. The first-order valence-electron chi connectivity index (χ1n) is 7.86. The summed E-state index contributed by atoms with van der Waals surface area (Å²) in [6.45, 7) is 10.5. The molecule has 0 radical (unpaired) electrons. The lowest BCUT2D eigenvalue weighted by molar-refractivity contribution is 0.0197. The largest absolute Gasteiger partial charge is 0.365 e. The average molecular weight is 266 g/mol. The first-order valence-corrected chi connectivity index (χ1v) is 7.86. The average Bonchev–Trinajstić information content (AvgIpc) is 2.50. The Morgan fingerprint density at radius 2 is 1.79 bits per heavy atom. The molecular formula is C16H30N2O. The molecule has 3 heteroatoms. The molecule has 2 fully saturated rings. The van der Waals surface area contributed by atoms with Crippen LogP contribution in [0.1, 0.15) is 39.5 Å². The number of likely N-dealkylation sites (tertiary alicyclic amines) is 1. The fourth-order valence-corrected chi connectivity index (χ4v) is 2.85. The van der Waals surface area contributed by atoms with Crippen molar-refractivity contribution in [2.45, 2.75) is 45.6 Å². The molecule has 0 amide bonds. The zero-order valence-corrected chi connectivity index (χ0v) is 12.7. The van der Waals surface area contributed by atoms with Gasteiger partial charge in [0.2, 0.25) is 0 Å². The maximum atomic E-state index is 5.60. The molecule has 0 aromatic rings. The predicted octanol–water partition coefficient (Wildman–Crippen LogP) is 2.13. The second kappa shape index (κ2) is 10.3. The van der Waals surface area contributed by atoms with Gasteiger partial charge in [0.1, 0.15) is 6.61 Å². The highest BCUT2D eigenvalue weighted by atomic mass is 16.5. The van der Waals surface area contributed by atoms with Crippen LogP contribution >= 0.6 is 0 Å². The summed E-state index contributed by atoms with van der Waals surface area (Å²) in [4.78, 5) is 2.60. The number of hydrogen-bond acceptors (Lipinski definition) is 3. The Morgan fingerprint density at radius 3 is 2.37 bits per heavy atom. The summed E-state index contributed by atoms with van der Waals surface area (Å²) in [5, 5.41) is 3.42. The topological polar surface area (TPSA) is 24.5 Å². The number of hydrogen-bond donors (Lipinski definition) is 1. The van der Waals surface area contributed by atoms with Gasteiger partial charge >= 0.3 is 0 Å². The number of nitrogens with zero attached hydrogens (tertiary/aromatic N) is 1. The van der Waals surface area contributed by atoms with Crippen molar-refractivity contribution in [2.24, 2.45) is 5.92 Å². The Labute approximate surface area is 119 Å². The van der Waals surface area contributed by atoms with Gasteiger partial charge in [-0.25, -0.2) is 0 Å². The molecule has 3 nitrogen and oxygen atoms in total. The Kier molecular flexibility index (Phi) is 8.90. The molecule has 1 N–H and O–H groups in total. The van der Waals surface area contributed by atoms with Crippen LogP contribution in [0.2, 0.25) is 0 Å². The highest BCUT2D eigenvalue weighted by Crippen LogP contribution is 2.18. The van der Waals surface area contributed by atoms with Gasteiger partial charge in [0.15, 0.2) is 0 Å². The molecule has 110 valence electrons. The molecule has 0 atom stereocenters. The minimum Gasteiger partial charge on any atom is -0.365 e. The summed E-state index contributed by atoms with van der Waals surface area (Å²) in [6, 6.07) is 0. The smallest absolute Gasteiger partial charge is 0.107 e. The van der Waals surface area contributed by atoms with Gasteiger partial charge < -0.3 is 15.0 Å². The molecule has 0 unspecified atom stereocenters. The van der Waals surface area contributed by atoms with Crippen molar-refractivity contribution in [3.63, 3.8) is 0 Å². The van der Waals surface area contributed by atoms with Crippen molar-refractivity contribution in [3.8, 4) is 12.3 Å². The van der Waals surface area contributed by atoms with E-state index >= 15 is 0 Å². The molecule has 2 saturated heterocycles. The SMILES string of the molecule is C#CCOC1CCN(CC2CCNCC2)CC1.CC. The van der Waals surface area contributed by atoms with Crippen molar-refractivity contribution in [1.82, 2.24) is 10.2 Å². The van der Waals surface area contributed by atoms with E-state index in [2.05, 4.69) is 16.1 Å². The maximum Gasteiger partial charge on any atom is 0.107 e. The standard InChI is InChI=1S/C14H24N2O.C2H6/c1-2-11-17-14-5-9-16(10-6-14)12-13-3-7-15-8-4-13;1-2/h1,13-15H,3-12H2;1-2H3. The molecule has 0 saturated carbocycles. The van der Waals surface area contributed by atoms with Crippen LogP contribution in [0.15, 0.2) is 0 Å². The quantitative estimate of drug-likeness (QED) is 0.789. The fourth-order valence-electron chi connectivity index (χ4n) is 2.85. The molecule has 2 aliphatic rings. The third-order valence-corrected chi connectivity index (χ3v) is 3.91. The van der Waals surface area contributed by atoms with Gasteiger partial charge in [0.05, 0.1) is 6.10 Å². The lowest BCUT2D eigenvalue weighted by Gasteiger charge is -2.35. The lowest BCUT2D eigenvalue weighted by Crippen LogP contribution is -2.41. The zero-order chi connectivity index (χ0) is 13.9. The van der Waals surface area contributed by atoms with E-state index in [1.807, 2.05) is 13.8 Å². The number of nitrogens with one attached hydrogen (secondary N) is 1. The van der Waals surface area contributed by atoms with E-state index in [-0.39, 0.29) is 0 Å². The van der Waals surface area contributed by atoms with Crippen molar-refractivity contribution in [3.05, 3.63) is 0 Å². The van der Waals surface area contributed by atoms with Crippen LogP contribution in [0.3, 0.4) is 0 Å². The van der Waals surface area contributed by atoms with Crippen LogP contribution in [-0.2, 0) is 4.74 Å². The van der Waals surface area contributed by atoms with Gasteiger partial charge in [-0.15, -0.1) is 6.42 Å². The van der Waals surface area contributed by atoms with Crippen LogP contribution in [-0.4, -0.2) is 50.3 Å². The van der Waals surface area contributed by atoms with Gasteiger partial charge in [-0.1, -0.05) is 19.8 Å². The van der Waals surface area contributed by atoms with Gasteiger partial charge in [0, 0.05) is 19.6 Å². The molecular weight excluding hydrogens is 236 g/mol. The highest BCUT2D eigenvalue weighted by molar-refractivity contribution is 4.84.